The molecule has 1 aliphatic heterocycles. The Morgan fingerprint density at radius 2 is 0.900 bits per heavy atom. The topological polar surface area (TPSA) is 32.8 Å². The molecule has 0 unspecified atom stereocenters. The Bertz CT molecular complexity index is 776. The van der Waals surface area contributed by atoms with Gasteiger partial charge in [-0.05, 0) is 109 Å². The number of unbranched alkanes of at least 4 members (excludes halogenated alkanes) is 18. The van der Waals surface area contributed by atoms with Crippen molar-refractivity contribution in [3.8, 4) is 0 Å². The molecule has 1 amide bonds. The van der Waals surface area contributed by atoms with Gasteiger partial charge < -0.3 is 14.5 Å². The quantitative estimate of drug-likeness (QED) is 0.0496. The molecule has 1 rings (SSSR count). The van der Waals surface area contributed by atoms with Crippen LogP contribution in [0.2, 0.25) is 0 Å². The van der Waals surface area contributed by atoms with E-state index in [-0.39, 0.29) is 6.09 Å². The fourth-order valence-electron chi connectivity index (χ4n) is 6.77. The summed E-state index contributed by atoms with van der Waals surface area (Å²) in [5, 5.41) is 0. The van der Waals surface area contributed by atoms with Gasteiger partial charge in [-0.25, -0.2) is 4.79 Å². The Labute approximate surface area is 312 Å². The van der Waals surface area contributed by atoms with Crippen LogP contribution in [0, 0.1) is 0 Å². The van der Waals surface area contributed by atoms with Crippen LogP contribution in [-0.4, -0.2) is 55.2 Å². The standard InChI is InChI=1S/C46H84N2O2/c1-3-5-7-9-11-13-15-17-19-21-23-25-27-29-31-37-43-48(46(49)50-45-39-42-47-40-35-33-34-36-41-47)44-38-32-30-28-26-24-22-20-18-16-14-12-10-8-6-4-2/h11-14,17-20H,3-10,15-16,21-45H2,1-2H3/b13-11-,14-12-,19-17-,20-18-. The van der Waals surface area contributed by atoms with Crippen molar-refractivity contribution in [1.29, 1.82) is 0 Å². The van der Waals surface area contributed by atoms with Crippen LogP contribution < -0.4 is 0 Å². The highest BCUT2D eigenvalue weighted by atomic mass is 16.6. The molecule has 1 aliphatic rings. The Morgan fingerprint density at radius 1 is 0.500 bits per heavy atom. The summed E-state index contributed by atoms with van der Waals surface area (Å²) < 4.78 is 5.82. The maximum absolute atomic E-state index is 13.1. The van der Waals surface area contributed by atoms with E-state index in [1.807, 2.05) is 4.90 Å². The minimum atomic E-state index is -0.0777. The molecule has 4 heteroatoms. The Balaban J connectivity index is 2.21. The number of carbonyl (C=O) groups excluding carboxylic acids is 1. The molecule has 0 N–H and O–H groups in total. The second-order valence-electron chi connectivity index (χ2n) is 14.9. The second kappa shape index (κ2) is 38.4. The van der Waals surface area contributed by atoms with Crippen molar-refractivity contribution < 1.29 is 9.53 Å². The number of likely N-dealkylation sites (tertiary alicyclic amines) is 1. The van der Waals surface area contributed by atoms with Crippen molar-refractivity contribution >= 4 is 6.09 Å². The normalized spacial score (nSPS) is 14.5. The number of carbonyl (C=O) groups is 1. The minimum Gasteiger partial charge on any atom is -0.449 e. The van der Waals surface area contributed by atoms with Crippen LogP contribution in [0.25, 0.3) is 0 Å². The summed E-state index contributed by atoms with van der Waals surface area (Å²) in [6.45, 7) is 10.3. The Hall–Kier alpha value is -1.81. The molecule has 1 saturated heterocycles. The van der Waals surface area contributed by atoms with E-state index in [2.05, 4.69) is 67.4 Å². The van der Waals surface area contributed by atoms with Gasteiger partial charge in [0, 0.05) is 19.6 Å². The van der Waals surface area contributed by atoms with Crippen molar-refractivity contribution in [3.05, 3.63) is 48.6 Å². The van der Waals surface area contributed by atoms with Crippen LogP contribution in [0.4, 0.5) is 4.79 Å². The third-order valence-electron chi connectivity index (χ3n) is 10.1. The molecule has 0 atom stereocenters. The largest absolute Gasteiger partial charge is 0.449 e. The first-order valence-corrected chi connectivity index (χ1v) is 22.0. The highest BCUT2D eigenvalue weighted by Gasteiger charge is 2.15. The third-order valence-corrected chi connectivity index (χ3v) is 10.1. The average molecular weight is 697 g/mol. The molecule has 0 aromatic rings. The zero-order valence-electron chi connectivity index (χ0n) is 33.6. The van der Waals surface area contributed by atoms with E-state index in [1.165, 1.54) is 167 Å². The summed E-state index contributed by atoms with van der Waals surface area (Å²) in [5.41, 5.74) is 0. The molecule has 290 valence electrons. The summed E-state index contributed by atoms with van der Waals surface area (Å²) in [6, 6.07) is 0. The van der Waals surface area contributed by atoms with Crippen molar-refractivity contribution in [2.24, 2.45) is 0 Å². The van der Waals surface area contributed by atoms with Gasteiger partial charge in [0.25, 0.3) is 0 Å². The molecule has 0 saturated carbocycles. The second-order valence-corrected chi connectivity index (χ2v) is 14.9. The predicted molar refractivity (Wildman–Crippen MR) is 221 cm³/mol. The van der Waals surface area contributed by atoms with Crippen LogP contribution in [0.15, 0.2) is 48.6 Å². The zero-order valence-corrected chi connectivity index (χ0v) is 33.6. The number of hydrogen-bond donors (Lipinski definition) is 0. The SMILES string of the molecule is CCCCC/C=C\C/C=C\CCCCCCCCN(CCCCCCCC/C=C\C/C=C\CCCCC)C(=O)OCCCN1CCCCCC1. The third kappa shape index (κ3) is 32.1. The molecular formula is C46H84N2O2. The minimum absolute atomic E-state index is 0.0777. The van der Waals surface area contributed by atoms with Crippen molar-refractivity contribution in [1.82, 2.24) is 9.80 Å². The maximum Gasteiger partial charge on any atom is 0.409 e. The van der Waals surface area contributed by atoms with Crippen molar-refractivity contribution in [2.45, 2.75) is 200 Å². The lowest BCUT2D eigenvalue weighted by Crippen LogP contribution is -2.34. The lowest BCUT2D eigenvalue weighted by atomic mass is 10.1. The van der Waals surface area contributed by atoms with E-state index in [9.17, 15) is 4.79 Å². The number of allylic oxidation sites excluding steroid dienone is 8. The molecule has 0 bridgehead atoms. The van der Waals surface area contributed by atoms with Gasteiger partial charge in [0.05, 0.1) is 6.61 Å². The molecule has 50 heavy (non-hydrogen) atoms. The number of nitrogens with zero attached hydrogens (tertiary/aromatic N) is 2. The van der Waals surface area contributed by atoms with Crippen LogP contribution in [0.3, 0.4) is 0 Å². The maximum atomic E-state index is 13.1. The molecule has 0 aromatic heterocycles. The number of ether oxygens (including phenoxy) is 1. The van der Waals surface area contributed by atoms with Gasteiger partial charge in [0.1, 0.15) is 0 Å². The summed E-state index contributed by atoms with van der Waals surface area (Å²) in [6.07, 6.45) is 54.9. The van der Waals surface area contributed by atoms with E-state index in [4.69, 9.17) is 4.74 Å². The van der Waals surface area contributed by atoms with Crippen LogP contribution >= 0.6 is 0 Å². The van der Waals surface area contributed by atoms with Gasteiger partial charge in [-0.3, -0.25) is 0 Å². The monoisotopic (exact) mass is 697 g/mol. The first kappa shape index (κ1) is 46.2. The molecule has 1 fully saturated rings. The van der Waals surface area contributed by atoms with Crippen molar-refractivity contribution in [2.75, 3.05) is 39.3 Å². The first-order valence-electron chi connectivity index (χ1n) is 22.0. The number of amides is 1. The van der Waals surface area contributed by atoms with Gasteiger partial charge in [-0.15, -0.1) is 0 Å². The Morgan fingerprint density at radius 3 is 1.34 bits per heavy atom. The van der Waals surface area contributed by atoms with Gasteiger partial charge in [0.2, 0.25) is 0 Å². The van der Waals surface area contributed by atoms with Gasteiger partial charge >= 0.3 is 6.09 Å². The molecule has 4 nitrogen and oxygen atoms in total. The predicted octanol–water partition coefficient (Wildman–Crippen LogP) is 14.3. The first-order chi connectivity index (χ1) is 24.8. The highest BCUT2D eigenvalue weighted by Crippen LogP contribution is 2.13. The van der Waals surface area contributed by atoms with E-state index < -0.39 is 0 Å². The van der Waals surface area contributed by atoms with E-state index >= 15 is 0 Å². The van der Waals surface area contributed by atoms with E-state index in [1.54, 1.807) is 0 Å². The lowest BCUT2D eigenvalue weighted by molar-refractivity contribution is 0.0960. The number of hydrogen-bond acceptors (Lipinski definition) is 3. The van der Waals surface area contributed by atoms with Crippen LogP contribution in [-0.2, 0) is 4.74 Å². The van der Waals surface area contributed by atoms with Gasteiger partial charge in [-0.1, -0.05) is 152 Å². The zero-order chi connectivity index (χ0) is 35.8. The van der Waals surface area contributed by atoms with Gasteiger partial charge in [0.15, 0.2) is 0 Å². The van der Waals surface area contributed by atoms with E-state index in [0.717, 1.165) is 51.7 Å². The van der Waals surface area contributed by atoms with E-state index in [0.29, 0.717) is 6.61 Å². The average Bonchev–Trinajstić information content (AvgIpc) is 3.41. The fraction of sp³-hybridized carbons (Fsp3) is 0.804. The van der Waals surface area contributed by atoms with Crippen LogP contribution in [0.5, 0.6) is 0 Å². The Kier molecular flexibility index (Phi) is 35.5. The molecule has 0 radical (unpaired) electrons. The molecular weight excluding hydrogens is 613 g/mol. The fourth-order valence-corrected chi connectivity index (χ4v) is 6.77. The van der Waals surface area contributed by atoms with Gasteiger partial charge in [-0.2, -0.15) is 0 Å². The summed E-state index contributed by atoms with van der Waals surface area (Å²) >= 11 is 0. The summed E-state index contributed by atoms with van der Waals surface area (Å²) in [5.74, 6) is 0. The molecule has 0 aliphatic carbocycles. The highest BCUT2D eigenvalue weighted by molar-refractivity contribution is 5.67. The summed E-state index contributed by atoms with van der Waals surface area (Å²) in [7, 11) is 0. The molecule has 0 aromatic carbocycles. The number of rotatable bonds is 34. The molecule has 0 spiro atoms. The smallest absolute Gasteiger partial charge is 0.409 e. The lowest BCUT2D eigenvalue weighted by Gasteiger charge is -2.23. The molecule has 1 heterocycles. The summed E-state index contributed by atoms with van der Waals surface area (Å²) in [4.78, 5) is 17.7. The van der Waals surface area contributed by atoms with Crippen molar-refractivity contribution in [3.63, 3.8) is 0 Å². The van der Waals surface area contributed by atoms with Crippen LogP contribution in [0.1, 0.15) is 200 Å².